The smallest absolute Gasteiger partial charge is 0.0192 e. The molecule has 0 radical (unpaired) electrons. The lowest BCUT2D eigenvalue weighted by Gasteiger charge is -2.13. The van der Waals surface area contributed by atoms with E-state index in [2.05, 4.69) is 23.8 Å². The second kappa shape index (κ2) is 5.92. The Bertz CT molecular complexity index is 169. The predicted molar refractivity (Wildman–Crippen MR) is 58.1 cm³/mol. The van der Waals surface area contributed by atoms with Crippen molar-refractivity contribution in [1.82, 2.24) is 5.32 Å². The normalized spacial score (nSPS) is 21.0. The highest BCUT2D eigenvalue weighted by atomic mass is 14.9. The minimum Gasteiger partial charge on any atom is -0.313 e. The van der Waals surface area contributed by atoms with Crippen LogP contribution in [0, 0.1) is 5.92 Å². The van der Waals surface area contributed by atoms with Crippen LogP contribution in [0.5, 0.6) is 0 Å². The van der Waals surface area contributed by atoms with Gasteiger partial charge >= 0.3 is 0 Å². The lowest BCUT2D eigenvalue weighted by atomic mass is 10.2. The van der Waals surface area contributed by atoms with E-state index in [4.69, 9.17) is 0 Å². The molecule has 0 aromatic carbocycles. The molecule has 0 aromatic heterocycles. The summed E-state index contributed by atoms with van der Waals surface area (Å²) in [6, 6.07) is 0.764. The largest absolute Gasteiger partial charge is 0.313 e. The molecule has 1 rings (SSSR count). The maximum Gasteiger partial charge on any atom is 0.0192 e. The van der Waals surface area contributed by atoms with Crippen LogP contribution in [0.3, 0.4) is 0 Å². The van der Waals surface area contributed by atoms with Crippen molar-refractivity contribution in [3.8, 4) is 0 Å². The van der Waals surface area contributed by atoms with E-state index in [0.29, 0.717) is 5.92 Å². The third-order valence-corrected chi connectivity index (χ3v) is 2.53. The van der Waals surface area contributed by atoms with Gasteiger partial charge in [0.25, 0.3) is 0 Å². The fourth-order valence-corrected chi connectivity index (χ4v) is 1.74. The zero-order valence-electron chi connectivity index (χ0n) is 8.50. The summed E-state index contributed by atoms with van der Waals surface area (Å²) in [4.78, 5) is 4.02. The highest BCUT2D eigenvalue weighted by Crippen LogP contribution is 2.17. The summed E-state index contributed by atoms with van der Waals surface area (Å²) in [5.41, 5.74) is 0. The molecule has 1 fully saturated rings. The summed E-state index contributed by atoms with van der Waals surface area (Å²) in [6.07, 6.45) is 9.04. The van der Waals surface area contributed by atoms with Gasteiger partial charge in [-0.05, 0) is 12.8 Å². The van der Waals surface area contributed by atoms with E-state index in [1.54, 1.807) is 6.20 Å². The molecule has 1 saturated carbocycles. The summed E-state index contributed by atoms with van der Waals surface area (Å²) >= 11 is 0. The van der Waals surface area contributed by atoms with Crippen LogP contribution < -0.4 is 5.32 Å². The minimum atomic E-state index is 0.513. The third kappa shape index (κ3) is 4.23. The second-order valence-electron chi connectivity index (χ2n) is 3.85. The van der Waals surface area contributed by atoms with Crippen molar-refractivity contribution in [3.05, 3.63) is 12.8 Å². The first kappa shape index (κ1) is 10.5. The maximum atomic E-state index is 4.02. The van der Waals surface area contributed by atoms with Crippen LogP contribution in [0.2, 0.25) is 0 Å². The number of nitrogens with zero attached hydrogens (tertiary/aromatic N) is 1. The molecule has 0 aliphatic heterocycles. The molecule has 13 heavy (non-hydrogen) atoms. The molecule has 0 aromatic rings. The molecule has 1 unspecified atom stereocenters. The quantitative estimate of drug-likeness (QED) is 0.645. The summed E-state index contributed by atoms with van der Waals surface area (Å²) in [5, 5.41) is 3.56. The van der Waals surface area contributed by atoms with E-state index in [0.717, 1.165) is 12.6 Å². The van der Waals surface area contributed by atoms with E-state index in [1.165, 1.54) is 25.7 Å². The maximum absolute atomic E-state index is 4.02. The topological polar surface area (TPSA) is 24.4 Å². The first-order valence-electron chi connectivity index (χ1n) is 5.20. The van der Waals surface area contributed by atoms with E-state index in [-0.39, 0.29) is 0 Å². The van der Waals surface area contributed by atoms with Crippen molar-refractivity contribution in [2.45, 2.75) is 38.6 Å². The first-order chi connectivity index (χ1) is 6.33. The van der Waals surface area contributed by atoms with Gasteiger partial charge in [-0.25, -0.2) is 0 Å². The molecule has 0 heterocycles. The number of aliphatic imine (C=N–C) groups is 1. The van der Waals surface area contributed by atoms with Crippen LogP contribution in [0.4, 0.5) is 0 Å². The molecule has 2 heteroatoms. The van der Waals surface area contributed by atoms with Crippen molar-refractivity contribution in [1.29, 1.82) is 0 Å². The van der Waals surface area contributed by atoms with E-state index >= 15 is 0 Å². The lowest BCUT2D eigenvalue weighted by Crippen LogP contribution is -2.30. The molecule has 1 N–H and O–H groups in total. The summed E-state index contributed by atoms with van der Waals surface area (Å²) in [6.45, 7) is 6.77. The van der Waals surface area contributed by atoms with Crippen LogP contribution in [0.1, 0.15) is 32.6 Å². The summed E-state index contributed by atoms with van der Waals surface area (Å²) in [5.74, 6) is 0.513. The van der Waals surface area contributed by atoms with E-state index < -0.39 is 0 Å². The standard InChI is InChI=1S/C11H20N2/c1-3-12-8-10(2)9-13-11-6-4-5-7-11/h3,8,10-11,13H,1,4-7,9H2,2H3/b12-8-. The fourth-order valence-electron chi connectivity index (χ4n) is 1.74. The van der Waals surface area contributed by atoms with Crippen molar-refractivity contribution in [2.24, 2.45) is 10.9 Å². The molecule has 1 atom stereocenters. The third-order valence-electron chi connectivity index (χ3n) is 2.53. The van der Waals surface area contributed by atoms with Gasteiger partial charge in [0, 0.05) is 30.9 Å². The number of nitrogens with one attached hydrogen (secondary N) is 1. The molecule has 2 nitrogen and oxygen atoms in total. The van der Waals surface area contributed by atoms with Crippen molar-refractivity contribution >= 4 is 6.21 Å². The van der Waals surface area contributed by atoms with Gasteiger partial charge in [-0.3, -0.25) is 4.99 Å². The molecule has 0 bridgehead atoms. The minimum absolute atomic E-state index is 0.513. The molecule has 74 valence electrons. The Kier molecular flexibility index (Phi) is 4.76. The summed E-state index contributed by atoms with van der Waals surface area (Å²) in [7, 11) is 0. The molecule has 0 saturated heterocycles. The fraction of sp³-hybridized carbons (Fsp3) is 0.727. The van der Waals surface area contributed by atoms with E-state index in [1.807, 2.05) is 6.21 Å². The van der Waals surface area contributed by atoms with Gasteiger partial charge in [0.2, 0.25) is 0 Å². The van der Waals surface area contributed by atoms with Crippen molar-refractivity contribution < 1.29 is 0 Å². The van der Waals surface area contributed by atoms with Gasteiger partial charge in [-0.1, -0.05) is 26.3 Å². The van der Waals surface area contributed by atoms with E-state index in [9.17, 15) is 0 Å². The lowest BCUT2D eigenvalue weighted by molar-refractivity contribution is 0.501. The first-order valence-corrected chi connectivity index (χ1v) is 5.20. The Labute approximate surface area is 81.1 Å². The number of hydrogen-bond acceptors (Lipinski definition) is 2. The van der Waals surface area contributed by atoms with Crippen LogP contribution >= 0.6 is 0 Å². The van der Waals surface area contributed by atoms with Crippen molar-refractivity contribution in [3.63, 3.8) is 0 Å². The van der Waals surface area contributed by atoms with Crippen LogP contribution in [-0.2, 0) is 0 Å². The van der Waals surface area contributed by atoms with Gasteiger partial charge < -0.3 is 5.32 Å². The van der Waals surface area contributed by atoms with Crippen LogP contribution in [0.15, 0.2) is 17.8 Å². The second-order valence-corrected chi connectivity index (χ2v) is 3.85. The highest BCUT2D eigenvalue weighted by Gasteiger charge is 2.14. The van der Waals surface area contributed by atoms with Crippen molar-refractivity contribution in [2.75, 3.05) is 6.54 Å². The van der Waals surface area contributed by atoms with Gasteiger partial charge in [-0.15, -0.1) is 0 Å². The predicted octanol–water partition coefficient (Wildman–Crippen LogP) is 2.37. The number of rotatable bonds is 5. The molecule has 0 spiro atoms. The SMILES string of the molecule is C=C/N=C\C(C)CNC1CCCC1. The van der Waals surface area contributed by atoms with Gasteiger partial charge in [0.15, 0.2) is 0 Å². The van der Waals surface area contributed by atoms with Gasteiger partial charge in [-0.2, -0.15) is 0 Å². The zero-order chi connectivity index (χ0) is 9.52. The highest BCUT2D eigenvalue weighted by molar-refractivity contribution is 5.61. The Morgan fingerprint density at radius 3 is 2.85 bits per heavy atom. The molecule has 1 aliphatic rings. The summed E-state index contributed by atoms with van der Waals surface area (Å²) < 4.78 is 0. The zero-order valence-corrected chi connectivity index (χ0v) is 8.50. The Hall–Kier alpha value is -0.630. The Balaban J connectivity index is 2.09. The van der Waals surface area contributed by atoms with Crippen LogP contribution in [-0.4, -0.2) is 18.8 Å². The average molecular weight is 180 g/mol. The Morgan fingerprint density at radius 2 is 2.23 bits per heavy atom. The monoisotopic (exact) mass is 180 g/mol. The molecule has 1 aliphatic carbocycles. The molecular formula is C11H20N2. The van der Waals surface area contributed by atoms with Gasteiger partial charge in [0.05, 0.1) is 0 Å². The average Bonchev–Trinajstić information content (AvgIpc) is 2.64. The molecule has 0 amide bonds. The number of hydrogen-bond donors (Lipinski definition) is 1. The van der Waals surface area contributed by atoms with Crippen LogP contribution in [0.25, 0.3) is 0 Å². The molecular weight excluding hydrogens is 160 g/mol. The van der Waals surface area contributed by atoms with Gasteiger partial charge in [0.1, 0.15) is 0 Å². The Morgan fingerprint density at radius 1 is 1.54 bits per heavy atom.